The van der Waals surface area contributed by atoms with Crippen LogP contribution in [-0.4, -0.2) is 29.9 Å². The van der Waals surface area contributed by atoms with E-state index < -0.39 is 11.6 Å². The van der Waals surface area contributed by atoms with Crippen LogP contribution in [0.5, 0.6) is 0 Å². The van der Waals surface area contributed by atoms with Crippen LogP contribution in [0.1, 0.15) is 24.3 Å². The van der Waals surface area contributed by atoms with Gasteiger partial charge in [0.25, 0.3) is 0 Å². The van der Waals surface area contributed by atoms with E-state index in [0.29, 0.717) is 25.1 Å². The molecule has 3 nitrogen and oxygen atoms in total. The summed E-state index contributed by atoms with van der Waals surface area (Å²) in [6.45, 7) is 1.25. The number of hydrogen-bond donors (Lipinski definition) is 1. The van der Waals surface area contributed by atoms with E-state index >= 15 is 0 Å². The van der Waals surface area contributed by atoms with Gasteiger partial charge in [0.1, 0.15) is 11.6 Å². The largest absolute Gasteiger partial charge is 0.341 e. The molecule has 0 radical (unpaired) electrons. The van der Waals surface area contributed by atoms with Crippen molar-refractivity contribution in [3.63, 3.8) is 0 Å². The summed E-state index contributed by atoms with van der Waals surface area (Å²) in [6, 6.07) is 3.46. The Bertz CT molecular complexity index is 526. The Morgan fingerprint density at radius 3 is 2.75 bits per heavy atom. The maximum atomic E-state index is 13.6. The van der Waals surface area contributed by atoms with Crippen molar-refractivity contribution in [3.05, 3.63) is 35.4 Å². The monoisotopic (exact) mass is 302 g/mol. The van der Waals surface area contributed by atoms with Crippen molar-refractivity contribution in [2.75, 3.05) is 13.1 Å². The molecule has 1 aliphatic carbocycles. The van der Waals surface area contributed by atoms with Crippen LogP contribution in [0.3, 0.4) is 0 Å². The molecule has 1 aromatic rings. The molecule has 1 saturated heterocycles. The van der Waals surface area contributed by atoms with Gasteiger partial charge in [-0.1, -0.05) is 0 Å². The lowest BCUT2D eigenvalue weighted by atomic mass is 10.1. The fourth-order valence-corrected chi connectivity index (χ4v) is 2.83. The highest BCUT2D eigenvalue weighted by molar-refractivity contribution is 5.85. The molecule has 1 saturated carbocycles. The zero-order valence-electron chi connectivity index (χ0n) is 10.9. The third kappa shape index (κ3) is 2.79. The Hall–Kier alpha value is -1.20. The summed E-state index contributed by atoms with van der Waals surface area (Å²) in [4.78, 5) is 13.9. The number of carbonyl (C=O) groups is 1. The van der Waals surface area contributed by atoms with Gasteiger partial charge in [0.2, 0.25) is 5.91 Å². The van der Waals surface area contributed by atoms with Crippen LogP contribution >= 0.6 is 12.4 Å². The second kappa shape index (κ2) is 5.66. The van der Waals surface area contributed by atoms with Crippen LogP contribution in [-0.2, 0) is 4.79 Å². The van der Waals surface area contributed by atoms with Gasteiger partial charge in [-0.15, -0.1) is 12.4 Å². The van der Waals surface area contributed by atoms with Gasteiger partial charge < -0.3 is 10.6 Å². The molecule has 2 N–H and O–H groups in total. The molecule has 0 bridgehead atoms. The highest BCUT2D eigenvalue weighted by atomic mass is 35.5. The predicted octanol–water partition coefficient (Wildman–Crippen LogP) is 2.05. The number of nitrogens with zero attached hydrogens (tertiary/aromatic N) is 1. The lowest BCUT2D eigenvalue weighted by Gasteiger charge is -2.15. The fourth-order valence-electron chi connectivity index (χ4n) is 2.83. The van der Waals surface area contributed by atoms with Crippen LogP contribution in [0.15, 0.2) is 18.2 Å². The van der Waals surface area contributed by atoms with Gasteiger partial charge in [-0.25, -0.2) is 8.78 Å². The van der Waals surface area contributed by atoms with Gasteiger partial charge in [0.05, 0.1) is 0 Å². The molecular formula is C14H17ClF2N2O. The summed E-state index contributed by atoms with van der Waals surface area (Å²) < 4.78 is 26.8. The minimum atomic E-state index is -0.460. The SMILES string of the molecule is Cl.N[C@@H]1CCN(C(=O)C2CC2c2cc(F)ccc2F)C1. The number of likely N-dealkylation sites (tertiary alicyclic amines) is 1. The molecular weight excluding hydrogens is 286 g/mol. The normalized spacial score (nSPS) is 28.1. The minimum Gasteiger partial charge on any atom is -0.341 e. The third-order valence-corrected chi connectivity index (χ3v) is 4.00. The zero-order valence-corrected chi connectivity index (χ0v) is 11.7. The van der Waals surface area contributed by atoms with E-state index in [1.165, 1.54) is 6.07 Å². The third-order valence-electron chi connectivity index (χ3n) is 4.00. The molecule has 3 atom stereocenters. The van der Waals surface area contributed by atoms with Gasteiger partial charge in [-0.3, -0.25) is 4.79 Å². The Morgan fingerprint density at radius 2 is 2.10 bits per heavy atom. The van der Waals surface area contributed by atoms with E-state index in [1.54, 1.807) is 4.90 Å². The Labute approximate surface area is 122 Å². The molecule has 2 aliphatic rings. The summed E-state index contributed by atoms with van der Waals surface area (Å²) in [6.07, 6.45) is 1.42. The second-order valence-corrected chi connectivity index (χ2v) is 5.45. The van der Waals surface area contributed by atoms with Crippen LogP contribution < -0.4 is 5.73 Å². The first-order chi connectivity index (χ1) is 9.06. The van der Waals surface area contributed by atoms with Gasteiger partial charge >= 0.3 is 0 Å². The number of hydrogen-bond acceptors (Lipinski definition) is 2. The molecule has 1 aromatic carbocycles. The van der Waals surface area contributed by atoms with Crippen LogP contribution in [0, 0.1) is 17.6 Å². The molecule has 2 unspecified atom stereocenters. The Morgan fingerprint density at radius 1 is 1.35 bits per heavy atom. The lowest BCUT2D eigenvalue weighted by molar-refractivity contribution is -0.131. The van der Waals surface area contributed by atoms with Crippen molar-refractivity contribution in [1.29, 1.82) is 0 Å². The molecule has 0 aromatic heterocycles. The first kappa shape index (κ1) is 15.2. The number of nitrogens with two attached hydrogens (primary N) is 1. The molecule has 20 heavy (non-hydrogen) atoms. The summed E-state index contributed by atoms with van der Waals surface area (Å²) in [5.41, 5.74) is 6.09. The topological polar surface area (TPSA) is 46.3 Å². The van der Waals surface area contributed by atoms with Gasteiger partial charge in [0, 0.05) is 25.0 Å². The minimum absolute atomic E-state index is 0. The van der Waals surface area contributed by atoms with E-state index in [4.69, 9.17) is 5.73 Å². The predicted molar refractivity (Wildman–Crippen MR) is 73.6 cm³/mol. The molecule has 0 spiro atoms. The number of benzene rings is 1. The van der Waals surface area contributed by atoms with Crippen LogP contribution in [0.2, 0.25) is 0 Å². The molecule has 6 heteroatoms. The second-order valence-electron chi connectivity index (χ2n) is 5.45. The van der Waals surface area contributed by atoms with E-state index in [9.17, 15) is 13.6 Å². The van der Waals surface area contributed by atoms with E-state index in [0.717, 1.165) is 18.6 Å². The molecule has 1 heterocycles. The number of rotatable bonds is 2. The highest BCUT2D eigenvalue weighted by Crippen LogP contribution is 2.49. The summed E-state index contributed by atoms with van der Waals surface area (Å²) in [5, 5.41) is 0. The summed E-state index contributed by atoms with van der Waals surface area (Å²) in [7, 11) is 0. The van der Waals surface area contributed by atoms with Gasteiger partial charge in [-0.05, 0) is 42.5 Å². The average Bonchev–Trinajstić information content (AvgIpc) is 3.06. The number of amides is 1. The van der Waals surface area contributed by atoms with Crippen molar-refractivity contribution in [1.82, 2.24) is 4.90 Å². The Kier molecular flexibility index (Phi) is 4.30. The molecule has 1 aliphatic heterocycles. The maximum absolute atomic E-state index is 13.6. The highest BCUT2D eigenvalue weighted by Gasteiger charge is 2.47. The summed E-state index contributed by atoms with van der Waals surface area (Å²) >= 11 is 0. The first-order valence-corrected chi connectivity index (χ1v) is 6.55. The zero-order chi connectivity index (χ0) is 13.6. The molecule has 110 valence electrons. The van der Waals surface area contributed by atoms with Gasteiger partial charge in [0.15, 0.2) is 0 Å². The standard InChI is InChI=1S/C14H16F2N2O.ClH/c15-8-1-2-13(16)11(5-8)10-6-12(10)14(19)18-4-3-9(17)7-18;/h1-2,5,9-10,12H,3-4,6-7,17H2;1H/t9-,10?,12?;/m1./s1. The van der Waals surface area contributed by atoms with E-state index in [2.05, 4.69) is 0 Å². The fraction of sp³-hybridized carbons (Fsp3) is 0.500. The molecule has 1 amide bonds. The number of halogens is 3. The van der Waals surface area contributed by atoms with Crippen molar-refractivity contribution in [2.45, 2.75) is 24.8 Å². The van der Waals surface area contributed by atoms with Crippen molar-refractivity contribution >= 4 is 18.3 Å². The quantitative estimate of drug-likeness (QED) is 0.909. The smallest absolute Gasteiger partial charge is 0.226 e. The van der Waals surface area contributed by atoms with Crippen LogP contribution in [0.25, 0.3) is 0 Å². The Balaban J connectivity index is 0.00000147. The van der Waals surface area contributed by atoms with Crippen LogP contribution in [0.4, 0.5) is 8.78 Å². The van der Waals surface area contributed by atoms with E-state index in [1.807, 2.05) is 0 Å². The first-order valence-electron chi connectivity index (χ1n) is 6.55. The average molecular weight is 303 g/mol. The van der Waals surface area contributed by atoms with Gasteiger partial charge in [-0.2, -0.15) is 0 Å². The molecule has 2 fully saturated rings. The van der Waals surface area contributed by atoms with E-state index in [-0.39, 0.29) is 36.2 Å². The van der Waals surface area contributed by atoms with Crippen molar-refractivity contribution in [2.24, 2.45) is 11.7 Å². The summed E-state index contributed by atoms with van der Waals surface area (Å²) in [5.74, 6) is -1.25. The van der Waals surface area contributed by atoms with Crippen molar-refractivity contribution in [3.8, 4) is 0 Å². The molecule has 3 rings (SSSR count). The number of carbonyl (C=O) groups excluding carboxylic acids is 1. The van der Waals surface area contributed by atoms with Crippen molar-refractivity contribution < 1.29 is 13.6 Å². The lowest BCUT2D eigenvalue weighted by Crippen LogP contribution is -2.33. The maximum Gasteiger partial charge on any atom is 0.226 e.